The molecule has 2 aromatic carbocycles. The van der Waals surface area contributed by atoms with Gasteiger partial charge >= 0.3 is 0 Å². The first kappa shape index (κ1) is 21.2. The van der Waals surface area contributed by atoms with E-state index in [1.54, 1.807) is 0 Å². The number of rotatable bonds is 7. The Labute approximate surface area is 170 Å². The van der Waals surface area contributed by atoms with Crippen molar-refractivity contribution in [2.75, 3.05) is 44.4 Å². The minimum atomic E-state index is -3.53. The lowest BCUT2D eigenvalue weighted by Gasteiger charge is -2.35. The number of anilines is 1. The van der Waals surface area contributed by atoms with E-state index in [9.17, 15) is 18.5 Å². The van der Waals surface area contributed by atoms with Crippen LogP contribution in [0.2, 0.25) is 0 Å². The van der Waals surface area contributed by atoms with Gasteiger partial charge in [0.2, 0.25) is 0 Å². The van der Waals surface area contributed by atoms with Crippen LogP contribution in [0.5, 0.6) is 0 Å². The van der Waals surface area contributed by atoms with Gasteiger partial charge in [-0.25, -0.2) is 8.42 Å². The molecule has 1 fully saturated rings. The van der Waals surface area contributed by atoms with Crippen LogP contribution < -0.4 is 5.32 Å². The van der Waals surface area contributed by atoms with Gasteiger partial charge in [0.05, 0.1) is 29.1 Å². The molecule has 0 aromatic heterocycles. The van der Waals surface area contributed by atoms with E-state index in [4.69, 9.17) is 4.74 Å². The molecule has 8 nitrogen and oxygen atoms in total. The Morgan fingerprint density at radius 1 is 1.17 bits per heavy atom. The van der Waals surface area contributed by atoms with Gasteiger partial charge in [0, 0.05) is 32.0 Å². The van der Waals surface area contributed by atoms with E-state index in [0.29, 0.717) is 25.4 Å². The summed E-state index contributed by atoms with van der Waals surface area (Å²) in [5.74, 6) is 0. The molecule has 1 N–H and O–H groups in total. The van der Waals surface area contributed by atoms with Crippen LogP contribution in [0.15, 0.2) is 47.4 Å². The van der Waals surface area contributed by atoms with Crippen molar-refractivity contribution in [3.63, 3.8) is 0 Å². The largest absolute Gasteiger partial charge is 0.379 e. The molecule has 9 heteroatoms. The summed E-state index contributed by atoms with van der Waals surface area (Å²) >= 11 is 0. The number of morpholine rings is 1. The van der Waals surface area contributed by atoms with E-state index >= 15 is 0 Å². The molecule has 29 heavy (non-hydrogen) atoms. The van der Waals surface area contributed by atoms with E-state index in [1.165, 1.54) is 12.1 Å². The number of nitro groups is 1. The Bertz CT molecular complexity index is 970. The summed E-state index contributed by atoms with van der Waals surface area (Å²) in [6, 6.07) is 12.2. The molecule has 1 saturated heterocycles. The highest BCUT2D eigenvalue weighted by molar-refractivity contribution is 7.90. The Balaban J connectivity index is 1.87. The third-order valence-electron chi connectivity index (χ3n) is 5.03. The lowest BCUT2D eigenvalue weighted by molar-refractivity contribution is -0.384. The van der Waals surface area contributed by atoms with Crippen LogP contribution >= 0.6 is 0 Å². The van der Waals surface area contributed by atoms with Crippen LogP contribution in [0, 0.1) is 17.0 Å². The molecule has 0 aliphatic carbocycles. The van der Waals surface area contributed by atoms with Crippen LogP contribution in [0.1, 0.15) is 17.2 Å². The van der Waals surface area contributed by atoms with E-state index in [2.05, 4.69) is 22.3 Å². The highest BCUT2D eigenvalue weighted by atomic mass is 32.2. The summed E-state index contributed by atoms with van der Waals surface area (Å²) in [5.41, 5.74) is 2.32. The van der Waals surface area contributed by atoms with Crippen molar-refractivity contribution in [2.24, 2.45) is 0 Å². The number of hydrogen-bond donors (Lipinski definition) is 1. The summed E-state index contributed by atoms with van der Waals surface area (Å²) in [6.07, 6.45) is 1.03. The van der Waals surface area contributed by atoms with Gasteiger partial charge in [0.1, 0.15) is 5.69 Å². The molecule has 0 bridgehead atoms. The number of hydrogen-bond acceptors (Lipinski definition) is 7. The van der Waals surface area contributed by atoms with Gasteiger partial charge in [-0.15, -0.1) is 0 Å². The first-order valence-electron chi connectivity index (χ1n) is 9.36. The van der Waals surface area contributed by atoms with Crippen LogP contribution in [0.25, 0.3) is 0 Å². The van der Waals surface area contributed by atoms with Crippen molar-refractivity contribution in [1.82, 2.24) is 4.90 Å². The summed E-state index contributed by atoms with van der Waals surface area (Å²) < 4.78 is 28.9. The first-order valence-corrected chi connectivity index (χ1v) is 11.3. The van der Waals surface area contributed by atoms with Crippen molar-refractivity contribution in [2.45, 2.75) is 17.9 Å². The highest BCUT2D eigenvalue weighted by Gasteiger charge is 2.24. The number of benzene rings is 2. The molecule has 0 spiro atoms. The van der Waals surface area contributed by atoms with Crippen molar-refractivity contribution >= 4 is 21.2 Å². The minimum Gasteiger partial charge on any atom is -0.379 e. The van der Waals surface area contributed by atoms with Crippen LogP contribution in [0.4, 0.5) is 11.4 Å². The zero-order valence-electron chi connectivity index (χ0n) is 16.5. The molecule has 1 aliphatic rings. The monoisotopic (exact) mass is 419 g/mol. The smallest absolute Gasteiger partial charge is 0.293 e. The molecule has 1 heterocycles. The third kappa shape index (κ3) is 5.31. The number of nitro benzene ring substituents is 1. The number of sulfone groups is 1. The zero-order valence-corrected chi connectivity index (χ0v) is 17.3. The Morgan fingerprint density at radius 3 is 2.41 bits per heavy atom. The molecule has 1 aliphatic heterocycles. The molecule has 0 saturated carbocycles. The molecule has 1 unspecified atom stereocenters. The van der Waals surface area contributed by atoms with Crippen LogP contribution in [-0.2, 0) is 14.6 Å². The SMILES string of the molecule is Cc1ccc(C(CNc2ccc(S(C)(=O)=O)cc2[N+](=O)[O-])N2CCOCC2)cc1. The lowest BCUT2D eigenvalue weighted by atomic mass is 10.0. The average Bonchev–Trinajstić information content (AvgIpc) is 2.69. The van der Waals surface area contributed by atoms with Crippen molar-refractivity contribution in [3.8, 4) is 0 Å². The predicted molar refractivity (Wildman–Crippen MR) is 111 cm³/mol. The van der Waals surface area contributed by atoms with E-state index in [0.717, 1.165) is 36.5 Å². The molecule has 1 atom stereocenters. The summed E-state index contributed by atoms with van der Waals surface area (Å²) in [4.78, 5) is 13.2. The standard InChI is InChI=1S/C20H25N3O5S/c1-15-3-5-16(6-4-15)20(22-9-11-28-12-10-22)14-21-18-8-7-17(29(2,26)27)13-19(18)23(24)25/h3-8,13,20-21H,9-12,14H2,1-2H3. The van der Waals surface area contributed by atoms with Gasteiger partial charge in [-0.05, 0) is 24.6 Å². The average molecular weight is 420 g/mol. The topological polar surface area (TPSA) is 102 Å². The normalized spacial score (nSPS) is 16.3. The summed E-state index contributed by atoms with van der Waals surface area (Å²) in [5, 5.41) is 14.7. The second kappa shape index (κ2) is 8.89. The molecular weight excluding hydrogens is 394 g/mol. The third-order valence-corrected chi connectivity index (χ3v) is 6.14. The predicted octanol–water partition coefficient (Wildman–Crippen LogP) is 2.79. The summed E-state index contributed by atoms with van der Waals surface area (Å²) in [7, 11) is -3.53. The number of ether oxygens (including phenoxy) is 1. The van der Waals surface area contributed by atoms with Gasteiger partial charge in [-0.3, -0.25) is 15.0 Å². The van der Waals surface area contributed by atoms with Crippen LogP contribution in [0.3, 0.4) is 0 Å². The van der Waals surface area contributed by atoms with E-state index < -0.39 is 14.8 Å². The maximum absolute atomic E-state index is 11.7. The Hall–Kier alpha value is -2.49. The fourth-order valence-corrected chi connectivity index (χ4v) is 4.03. The summed E-state index contributed by atoms with van der Waals surface area (Å²) in [6.45, 7) is 5.31. The van der Waals surface area contributed by atoms with Crippen molar-refractivity contribution in [3.05, 3.63) is 63.7 Å². The Kier molecular flexibility index (Phi) is 6.51. The zero-order chi connectivity index (χ0) is 21.0. The Morgan fingerprint density at radius 2 is 1.83 bits per heavy atom. The number of nitrogens with one attached hydrogen (secondary N) is 1. The maximum Gasteiger partial charge on any atom is 0.293 e. The van der Waals surface area contributed by atoms with Gasteiger partial charge < -0.3 is 10.1 Å². The van der Waals surface area contributed by atoms with Gasteiger partial charge in [-0.2, -0.15) is 0 Å². The molecule has 3 rings (SSSR count). The van der Waals surface area contributed by atoms with Crippen molar-refractivity contribution < 1.29 is 18.1 Å². The quantitative estimate of drug-likeness (QED) is 0.544. The van der Waals surface area contributed by atoms with Gasteiger partial charge in [0.25, 0.3) is 5.69 Å². The van der Waals surface area contributed by atoms with Crippen molar-refractivity contribution in [1.29, 1.82) is 0 Å². The van der Waals surface area contributed by atoms with E-state index in [1.807, 2.05) is 19.1 Å². The minimum absolute atomic E-state index is 0.00804. The fourth-order valence-electron chi connectivity index (χ4n) is 3.38. The fraction of sp³-hybridized carbons (Fsp3) is 0.400. The van der Waals surface area contributed by atoms with Gasteiger partial charge in [-0.1, -0.05) is 29.8 Å². The second-order valence-corrected chi connectivity index (χ2v) is 9.18. The molecule has 2 aromatic rings. The van der Waals surface area contributed by atoms with Gasteiger partial charge in [0.15, 0.2) is 9.84 Å². The molecule has 0 radical (unpaired) electrons. The highest BCUT2D eigenvalue weighted by Crippen LogP contribution is 2.29. The number of aryl methyl sites for hydroxylation is 1. The first-order chi connectivity index (χ1) is 13.8. The molecule has 0 amide bonds. The second-order valence-electron chi connectivity index (χ2n) is 7.16. The molecular formula is C20H25N3O5S. The van der Waals surface area contributed by atoms with E-state index in [-0.39, 0.29) is 16.6 Å². The van der Waals surface area contributed by atoms with Crippen LogP contribution in [-0.4, -0.2) is 57.3 Å². The maximum atomic E-state index is 11.7. The number of nitrogens with zero attached hydrogens (tertiary/aromatic N) is 2. The lowest BCUT2D eigenvalue weighted by Crippen LogP contribution is -2.41. The molecule has 156 valence electrons.